The molecule has 0 bridgehead atoms. The van der Waals surface area contributed by atoms with Gasteiger partial charge >= 0.3 is 0 Å². The summed E-state index contributed by atoms with van der Waals surface area (Å²) in [4.78, 5) is 15.9. The molecule has 1 aromatic heterocycles. The molecule has 0 aliphatic rings. The van der Waals surface area contributed by atoms with E-state index in [9.17, 15) is 4.79 Å². The second kappa shape index (κ2) is 10.2. The molecule has 0 aliphatic carbocycles. The Labute approximate surface area is 142 Å². The van der Waals surface area contributed by atoms with Gasteiger partial charge in [-0.2, -0.15) is 5.10 Å². The molecular weight excluding hydrogens is 325 g/mol. The molecular formula is C14H21Cl2N5O. The van der Waals surface area contributed by atoms with Crippen LogP contribution in [0.5, 0.6) is 0 Å². The molecule has 8 heteroatoms. The fraction of sp³-hybridized carbons (Fsp3) is 0.357. The number of hydrogen-bond donors (Lipinski definition) is 2. The van der Waals surface area contributed by atoms with Gasteiger partial charge in [-0.3, -0.25) is 4.79 Å². The van der Waals surface area contributed by atoms with Crippen LogP contribution in [-0.4, -0.2) is 34.3 Å². The maximum atomic E-state index is 12.0. The number of rotatable bonds is 6. The molecule has 1 amide bonds. The van der Waals surface area contributed by atoms with Crippen molar-refractivity contribution in [2.45, 2.75) is 13.5 Å². The van der Waals surface area contributed by atoms with E-state index in [0.717, 1.165) is 11.3 Å². The summed E-state index contributed by atoms with van der Waals surface area (Å²) >= 11 is 0. The first kappa shape index (κ1) is 20.4. The molecule has 2 N–H and O–H groups in total. The van der Waals surface area contributed by atoms with E-state index in [1.807, 2.05) is 38.2 Å². The third-order valence-electron chi connectivity index (χ3n) is 2.96. The first-order valence-electron chi connectivity index (χ1n) is 6.56. The molecule has 2 aromatic rings. The average Bonchev–Trinajstić information content (AvgIpc) is 2.92. The van der Waals surface area contributed by atoms with Crippen LogP contribution in [-0.2, 0) is 11.3 Å². The van der Waals surface area contributed by atoms with Gasteiger partial charge in [0.15, 0.2) is 0 Å². The van der Waals surface area contributed by atoms with Gasteiger partial charge in [0.1, 0.15) is 12.7 Å². The first-order chi connectivity index (χ1) is 9.69. The third kappa shape index (κ3) is 6.01. The average molecular weight is 346 g/mol. The van der Waals surface area contributed by atoms with E-state index < -0.39 is 0 Å². The second-order valence-electron chi connectivity index (χ2n) is 4.74. The molecule has 122 valence electrons. The number of carbonyl (C=O) groups excluding carboxylic acids is 1. The summed E-state index contributed by atoms with van der Waals surface area (Å²) in [6.07, 6.45) is 3.17. The van der Waals surface area contributed by atoms with Crippen molar-refractivity contribution in [3.63, 3.8) is 0 Å². The standard InChI is InChI=1S/C14H19N5O.2ClH/c1-11(7-15-2)14(20)18-13-5-3-4-12(6-13)8-19-10-16-9-17-19;;/h3-6,9-11,15H,7-8H2,1-2H3,(H,18,20);2*1H. The van der Waals surface area contributed by atoms with Gasteiger partial charge in [-0.05, 0) is 24.7 Å². The van der Waals surface area contributed by atoms with Crippen LogP contribution in [0.2, 0.25) is 0 Å². The van der Waals surface area contributed by atoms with Gasteiger partial charge in [-0.1, -0.05) is 19.1 Å². The highest BCUT2D eigenvalue weighted by Crippen LogP contribution is 2.12. The summed E-state index contributed by atoms with van der Waals surface area (Å²) < 4.78 is 1.74. The van der Waals surface area contributed by atoms with Crippen LogP contribution in [0.4, 0.5) is 5.69 Å². The first-order valence-corrected chi connectivity index (χ1v) is 6.56. The number of hydrogen-bond acceptors (Lipinski definition) is 4. The Morgan fingerprint density at radius 3 is 2.77 bits per heavy atom. The highest BCUT2D eigenvalue weighted by atomic mass is 35.5. The summed E-state index contributed by atoms with van der Waals surface area (Å²) in [5.74, 6) is -0.0590. The number of nitrogens with one attached hydrogen (secondary N) is 2. The van der Waals surface area contributed by atoms with E-state index in [1.54, 1.807) is 11.0 Å². The van der Waals surface area contributed by atoms with E-state index >= 15 is 0 Å². The minimum atomic E-state index is -0.0704. The zero-order valence-electron chi connectivity index (χ0n) is 12.5. The van der Waals surface area contributed by atoms with Gasteiger partial charge in [-0.25, -0.2) is 9.67 Å². The molecule has 6 nitrogen and oxygen atoms in total. The summed E-state index contributed by atoms with van der Waals surface area (Å²) in [7, 11) is 1.84. The zero-order chi connectivity index (χ0) is 14.4. The highest BCUT2D eigenvalue weighted by molar-refractivity contribution is 5.92. The van der Waals surface area contributed by atoms with Crippen molar-refractivity contribution < 1.29 is 4.79 Å². The topological polar surface area (TPSA) is 71.8 Å². The summed E-state index contributed by atoms with van der Waals surface area (Å²) in [6, 6.07) is 7.75. The maximum absolute atomic E-state index is 12.0. The van der Waals surface area contributed by atoms with E-state index in [4.69, 9.17) is 0 Å². The Bertz CT molecular complexity index is 562. The van der Waals surface area contributed by atoms with Gasteiger partial charge in [0.05, 0.1) is 6.54 Å². The fourth-order valence-electron chi connectivity index (χ4n) is 1.91. The molecule has 1 aromatic carbocycles. The summed E-state index contributed by atoms with van der Waals surface area (Å²) in [6.45, 7) is 3.19. The molecule has 0 spiro atoms. The number of aromatic nitrogens is 3. The Hall–Kier alpha value is -1.63. The van der Waals surface area contributed by atoms with E-state index in [2.05, 4.69) is 20.7 Å². The molecule has 1 heterocycles. The molecule has 0 fully saturated rings. The molecule has 0 radical (unpaired) electrons. The molecule has 0 saturated heterocycles. The van der Waals surface area contributed by atoms with Crippen molar-refractivity contribution in [3.05, 3.63) is 42.5 Å². The van der Waals surface area contributed by atoms with Gasteiger partial charge < -0.3 is 10.6 Å². The van der Waals surface area contributed by atoms with Gasteiger partial charge in [-0.15, -0.1) is 24.8 Å². The van der Waals surface area contributed by atoms with Crippen LogP contribution in [0.25, 0.3) is 0 Å². The minimum Gasteiger partial charge on any atom is -0.326 e. The van der Waals surface area contributed by atoms with Crippen molar-refractivity contribution in [2.24, 2.45) is 5.92 Å². The normalized spacial score (nSPS) is 11.0. The van der Waals surface area contributed by atoms with Crippen molar-refractivity contribution in [2.75, 3.05) is 18.9 Å². The van der Waals surface area contributed by atoms with E-state index in [-0.39, 0.29) is 36.6 Å². The van der Waals surface area contributed by atoms with Crippen molar-refractivity contribution >= 4 is 36.4 Å². The SMILES string of the molecule is CNCC(C)C(=O)Nc1cccc(Cn2cncn2)c1.Cl.Cl. The minimum absolute atomic E-state index is 0. The van der Waals surface area contributed by atoms with Crippen LogP contribution in [0.3, 0.4) is 0 Å². The van der Waals surface area contributed by atoms with Crippen LogP contribution in [0.1, 0.15) is 12.5 Å². The molecule has 0 aliphatic heterocycles. The Morgan fingerprint density at radius 2 is 2.14 bits per heavy atom. The van der Waals surface area contributed by atoms with Crippen molar-refractivity contribution in [1.29, 1.82) is 0 Å². The number of amides is 1. The Balaban J connectivity index is 0.00000220. The molecule has 1 unspecified atom stereocenters. The number of benzene rings is 1. The van der Waals surface area contributed by atoms with Crippen molar-refractivity contribution in [3.8, 4) is 0 Å². The highest BCUT2D eigenvalue weighted by Gasteiger charge is 2.11. The second-order valence-corrected chi connectivity index (χ2v) is 4.74. The third-order valence-corrected chi connectivity index (χ3v) is 2.96. The lowest BCUT2D eigenvalue weighted by molar-refractivity contribution is -0.119. The van der Waals surface area contributed by atoms with Gasteiger partial charge in [0.2, 0.25) is 5.91 Å². The Kier molecular flexibility index (Phi) is 9.40. The van der Waals surface area contributed by atoms with Gasteiger partial charge in [0.25, 0.3) is 0 Å². The molecule has 0 saturated carbocycles. The lowest BCUT2D eigenvalue weighted by Crippen LogP contribution is -2.28. The van der Waals surface area contributed by atoms with Crippen LogP contribution in [0, 0.1) is 5.92 Å². The van der Waals surface area contributed by atoms with Crippen LogP contribution in [0.15, 0.2) is 36.9 Å². The largest absolute Gasteiger partial charge is 0.326 e. The predicted molar refractivity (Wildman–Crippen MR) is 91.8 cm³/mol. The number of carbonyl (C=O) groups is 1. The smallest absolute Gasteiger partial charge is 0.228 e. The monoisotopic (exact) mass is 345 g/mol. The van der Waals surface area contributed by atoms with Crippen LogP contribution < -0.4 is 10.6 Å². The van der Waals surface area contributed by atoms with E-state index in [1.165, 1.54) is 6.33 Å². The lowest BCUT2D eigenvalue weighted by Gasteiger charge is -2.12. The summed E-state index contributed by atoms with van der Waals surface area (Å²) in [5.41, 5.74) is 1.87. The predicted octanol–water partition coefficient (Wildman–Crippen LogP) is 1.96. The molecule has 2 rings (SSSR count). The number of anilines is 1. The van der Waals surface area contributed by atoms with E-state index in [0.29, 0.717) is 13.1 Å². The lowest BCUT2D eigenvalue weighted by atomic mass is 10.1. The fourth-order valence-corrected chi connectivity index (χ4v) is 1.91. The molecule has 22 heavy (non-hydrogen) atoms. The molecule has 1 atom stereocenters. The quantitative estimate of drug-likeness (QED) is 0.839. The summed E-state index contributed by atoms with van der Waals surface area (Å²) in [5, 5.41) is 9.98. The number of nitrogens with zero attached hydrogens (tertiary/aromatic N) is 3. The van der Waals surface area contributed by atoms with Crippen molar-refractivity contribution in [1.82, 2.24) is 20.1 Å². The number of halogens is 2. The van der Waals surface area contributed by atoms with Gasteiger partial charge in [0, 0.05) is 18.2 Å². The maximum Gasteiger partial charge on any atom is 0.228 e. The zero-order valence-corrected chi connectivity index (χ0v) is 14.2. The van der Waals surface area contributed by atoms with Crippen LogP contribution >= 0.6 is 24.8 Å². The Morgan fingerprint density at radius 1 is 1.36 bits per heavy atom.